The third-order valence-corrected chi connectivity index (χ3v) is 5.11. The van der Waals surface area contributed by atoms with E-state index < -0.39 is 0 Å². The number of carbonyl (C=O) groups is 1. The lowest BCUT2D eigenvalue weighted by Gasteiger charge is -2.37. The molecular formula is C22H29N3O3. The van der Waals surface area contributed by atoms with Gasteiger partial charge in [0.1, 0.15) is 18.1 Å². The fourth-order valence-corrected chi connectivity index (χ4v) is 3.27. The molecule has 1 aliphatic heterocycles. The molecule has 1 aliphatic rings. The first-order chi connectivity index (χ1) is 13.7. The van der Waals surface area contributed by atoms with Crippen LogP contribution in [0.3, 0.4) is 0 Å². The summed E-state index contributed by atoms with van der Waals surface area (Å²) in [6, 6.07) is 17.1. The number of nitrogens with one attached hydrogen (secondary N) is 1. The highest BCUT2D eigenvalue weighted by Crippen LogP contribution is 2.16. The van der Waals surface area contributed by atoms with Gasteiger partial charge in [-0.3, -0.25) is 14.6 Å². The number of nitrogens with zero attached hydrogens (tertiary/aromatic N) is 2. The third kappa shape index (κ3) is 5.71. The van der Waals surface area contributed by atoms with Crippen LogP contribution in [-0.4, -0.2) is 68.2 Å². The first-order valence-electron chi connectivity index (χ1n) is 9.75. The van der Waals surface area contributed by atoms with Crippen molar-refractivity contribution < 1.29 is 14.3 Å². The SMILES string of the molecule is COc1ccc(NC(=O)C(C)N2CCN(CCOc3ccccc3)CC2)cc1. The summed E-state index contributed by atoms with van der Waals surface area (Å²) in [7, 11) is 1.63. The minimum absolute atomic E-state index is 0.0195. The van der Waals surface area contributed by atoms with Gasteiger partial charge < -0.3 is 14.8 Å². The Kier molecular flexibility index (Phi) is 7.28. The van der Waals surface area contributed by atoms with E-state index in [1.54, 1.807) is 7.11 Å². The zero-order valence-corrected chi connectivity index (χ0v) is 16.6. The molecule has 1 fully saturated rings. The van der Waals surface area contributed by atoms with Gasteiger partial charge in [-0.1, -0.05) is 18.2 Å². The van der Waals surface area contributed by atoms with Crippen LogP contribution in [0.5, 0.6) is 11.5 Å². The van der Waals surface area contributed by atoms with Crippen LogP contribution < -0.4 is 14.8 Å². The van der Waals surface area contributed by atoms with E-state index in [1.807, 2.05) is 61.5 Å². The number of rotatable bonds is 8. The predicted octanol–water partition coefficient (Wildman–Crippen LogP) is 2.72. The molecule has 6 heteroatoms. The second-order valence-electron chi connectivity index (χ2n) is 6.93. The largest absolute Gasteiger partial charge is 0.497 e. The summed E-state index contributed by atoms with van der Waals surface area (Å²) in [5.74, 6) is 1.70. The molecule has 150 valence electrons. The molecular weight excluding hydrogens is 354 g/mol. The first-order valence-corrected chi connectivity index (χ1v) is 9.75. The van der Waals surface area contributed by atoms with Crippen LogP contribution in [0.25, 0.3) is 0 Å². The average Bonchev–Trinajstić information content (AvgIpc) is 2.75. The average molecular weight is 383 g/mol. The maximum atomic E-state index is 12.6. The number of hydrogen-bond donors (Lipinski definition) is 1. The van der Waals surface area contributed by atoms with Crippen molar-refractivity contribution in [2.75, 3.05) is 51.8 Å². The van der Waals surface area contributed by atoms with E-state index in [-0.39, 0.29) is 11.9 Å². The Morgan fingerprint density at radius 3 is 2.32 bits per heavy atom. The van der Waals surface area contributed by atoms with Crippen molar-refractivity contribution in [3.05, 3.63) is 54.6 Å². The van der Waals surface area contributed by atoms with Crippen LogP contribution in [0, 0.1) is 0 Å². The van der Waals surface area contributed by atoms with E-state index in [1.165, 1.54) is 0 Å². The smallest absolute Gasteiger partial charge is 0.241 e. The lowest BCUT2D eigenvalue weighted by atomic mass is 10.2. The van der Waals surface area contributed by atoms with Crippen LogP contribution >= 0.6 is 0 Å². The molecule has 0 saturated carbocycles. The summed E-state index contributed by atoms with van der Waals surface area (Å²) < 4.78 is 10.9. The monoisotopic (exact) mass is 383 g/mol. The number of ether oxygens (including phenoxy) is 2. The predicted molar refractivity (Wildman–Crippen MR) is 111 cm³/mol. The highest BCUT2D eigenvalue weighted by molar-refractivity contribution is 5.94. The van der Waals surface area contributed by atoms with E-state index in [0.717, 1.165) is 49.9 Å². The summed E-state index contributed by atoms with van der Waals surface area (Å²) >= 11 is 0. The topological polar surface area (TPSA) is 54.0 Å². The van der Waals surface area contributed by atoms with Gasteiger partial charge in [-0.2, -0.15) is 0 Å². The van der Waals surface area contributed by atoms with Gasteiger partial charge in [0.05, 0.1) is 13.2 Å². The quantitative estimate of drug-likeness (QED) is 0.760. The van der Waals surface area contributed by atoms with Gasteiger partial charge >= 0.3 is 0 Å². The Labute approximate surface area is 167 Å². The molecule has 0 spiro atoms. The lowest BCUT2D eigenvalue weighted by Crippen LogP contribution is -2.53. The summed E-state index contributed by atoms with van der Waals surface area (Å²) in [6.07, 6.45) is 0. The molecule has 28 heavy (non-hydrogen) atoms. The minimum atomic E-state index is -0.162. The fraction of sp³-hybridized carbons (Fsp3) is 0.409. The van der Waals surface area contributed by atoms with Gasteiger partial charge in [-0.05, 0) is 43.3 Å². The van der Waals surface area contributed by atoms with Gasteiger partial charge in [0, 0.05) is 38.4 Å². The molecule has 1 unspecified atom stereocenters. The fourth-order valence-electron chi connectivity index (χ4n) is 3.27. The van der Waals surface area contributed by atoms with Crippen molar-refractivity contribution in [3.8, 4) is 11.5 Å². The molecule has 3 rings (SSSR count). The maximum Gasteiger partial charge on any atom is 0.241 e. The normalized spacial score (nSPS) is 16.4. The second-order valence-corrected chi connectivity index (χ2v) is 6.93. The molecule has 0 aliphatic carbocycles. The Hall–Kier alpha value is -2.57. The zero-order valence-electron chi connectivity index (χ0n) is 16.6. The first kappa shape index (κ1) is 20.2. The van der Waals surface area contributed by atoms with Crippen molar-refractivity contribution in [1.82, 2.24) is 9.80 Å². The van der Waals surface area contributed by atoms with Gasteiger partial charge in [-0.25, -0.2) is 0 Å². The number of amides is 1. The number of piperazine rings is 1. The Morgan fingerprint density at radius 2 is 1.68 bits per heavy atom. The van der Waals surface area contributed by atoms with Crippen molar-refractivity contribution in [3.63, 3.8) is 0 Å². The summed E-state index contributed by atoms with van der Waals surface area (Å²) in [5, 5.41) is 2.98. The number of anilines is 1. The van der Waals surface area contributed by atoms with E-state index in [4.69, 9.17) is 9.47 Å². The zero-order chi connectivity index (χ0) is 19.8. The standard InChI is InChI=1S/C22H29N3O3/c1-18(22(26)23-19-8-10-20(27-2)11-9-19)25-14-12-24(13-15-25)16-17-28-21-6-4-3-5-7-21/h3-11,18H,12-17H2,1-2H3,(H,23,26). The van der Waals surface area contributed by atoms with E-state index in [0.29, 0.717) is 6.61 Å². The second kappa shape index (κ2) is 10.1. The van der Waals surface area contributed by atoms with Crippen molar-refractivity contribution in [2.45, 2.75) is 13.0 Å². The highest BCUT2D eigenvalue weighted by atomic mass is 16.5. The molecule has 1 amide bonds. The molecule has 2 aromatic rings. The van der Waals surface area contributed by atoms with Crippen molar-refractivity contribution in [2.24, 2.45) is 0 Å². The molecule has 1 saturated heterocycles. The van der Waals surface area contributed by atoms with Gasteiger partial charge in [0.2, 0.25) is 5.91 Å². The van der Waals surface area contributed by atoms with Crippen LogP contribution in [0.4, 0.5) is 5.69 Å². The number of hydrogen-bond acceptors (Lipinski definition) is 5. The van der Waals surface area contributed by atoms with E-state index >= 15 is 0 Å². The van der Waals surface area contributed by atoms with Gasteiger partial charge in [-0.15, -0.1) is 0 Å². The summed E-state index contributed by atoms with van der Waals surface area (Å²) in [5.41, 5.74) is 0.786. The van der Waals surface area contributed by atoms with Crippen LogP contribution in [0.15, 0.2) is 54.6 Å². The molecule has 2 aromatic carbocycles. The maximum absolute atomic E-state index is 12.6. The summed E-state index contributed by atoms with van der Waals surface area (Å²) in [6.45, 7) is 7.18. The van der Waals surface area contributed by atoms with E-state index in [9.17, 15) is 4.79 Å². The Morgan fingerprint density at radius 1 is 1.00 bits per heavy atom. The third-order valence-electron chi connectivity index (χ3n) is 5.11. The number of benzene rings is 2. The summed E-state index contributed by atoms with van der Waals surface area (Å²) in [4.78, 5) is 17.2. The molecule has 6 nitrogen and oxygen atoms in total. The van der Waals surface area contributed by atoms with Crippen molar-refractivity contribution in [1.29, 1.82) is 0 Å². The number of methoxy groups -OCH3 is 1. The molecule has 0 aromatic heterocycles. The number of para-hydroxylation sites is 1. The molecule has 1 atom stereocenters. The molecule has 0 bridgehead atoms. The Balaban J connectivity index is 1.38. The number of carbonyl (C=O) groups excluding carboxylic acids is 1. The van der Waals surface area contributed by atoms with Crippen LogP contribution in [-0.2, 0) is 4.79 Å². The minimum Gasteiger partial charge on any atom is -0.497 e. The van der Waals surface area contributed by atoms with Gasteiger partial charge in [0.25, 0.3) is 0 Å². The van der Waals surface area contributed by atoms with Gasteiger partial charge in [0.15, 0.2) is 0 Å². The van der Waals surface area contributed by atoms with Crippen molar-refractivity contribution >= 4 is 11.6 Å². The molecule has 1 heterocycles. The Bertz CT molecular complexity index is 728. The van der Waals surface area contributed by atoms with Crippen LogP contribution in [0.2, 0.25) is 0 Å². The van der Waals surface area contributed by atoms with E-state index in [2.05, 4.69) is 15.1 Å². The molecule has 1 N–H and O–H groups in total. The highest BCUT2D eigenvalue weighted by Gasteiger charge is 2.25. The van der Waals surface area contributed by atoms with Crippen LogP contribution in [0.1, 0.15) is 6.92 Å². The lowest BCUT2D eigenvalue weighted by molar-refractivity contribution is -0.121. The molecule has 0 radical (unpaired) electrons.